The summed E-state index contributed by atoms with van der Waals surface area (Å²) in [4.78, 5) is 21.9. The fourth-order valence-electron chi connectivity index (χ4n) is 2.34. The van der Waals surface area contributed by atoms with E-state index in [4.69, 9.17) is 5.73 Å². The standard InChI is InChI=1S/C16H14N4O/c1-11-9-15(13-6-2-3-7-14(13)19-11)20(16(17)21)12-5-4-8-18-10-12/h2-10H,1H3,(H2,17,21). The molecule has 0 fully saturated rings. The number of rotatable bonds is 2. The Morgan fingerprint density at radius 2 is 2.00 bits per heavy atom. The molecule has 0 saturated carbocycles. The Balaban J connectivity index is 2.28. The van der Waals surface area contributed by atoms with Gasteiger partial charge in [-0.05, 0) is 31.2 Å². The van der Waals surface area contributed by atoms with Crippen LogP contribution >= 0.6 is 0 Å². The Bertz CT molecular complexity index is 802. The van der Waals surface area contributed by atoms with Gasteiger partial charge in [-0.2, -0.15) is 0 Å². The van der Waals surface area contributed by atoms with Crippen LogP contribution in [0.15, 0.2) is 54.9 Å². The van der Waals surface area contributed by atoms with E-state index in [0.717, 1.165) is 16.6 Å². The zero-order valence-corrected chi connectivity index (χ0v) is 11.5. The fraction of sp³-hybridized carbons (Fsp3) is 0.0625. The molecule has 2 amide bonds. The minimum atomic E-state index is -0.557. The van der Waals surface area contributed by atoms with Crippen molar-refractivity contribution in [3.63, 3.8) is 0 Å². The predicted molar refractivity (Wildman–Crippen MR) is 82.4 cm³/mol. The van der Waals surface area contributed by atoms with Crippen molar-refractivity contribution in [3.8, 4) is 0 Å². The first-order chi connectivity index (χ1) is 10.2. The first kappa shape index (κ1) is 13.1. The molecule has 0 saturated heterocycles. The summed E-state index contributed by atoms with van der Waals surface area (Å²) in [6.07, 6.45) is 3.26. The topological polar surface area (TPSA) is 72.1 Å². The van der Waals surface area contributed by atoms with Crippen LogP contribution < -0.4 is 10.6 Å². The van der Waals surface area contributed by atoms with E-state index >= 15 is 0 Å². The minimum Gasteiger partial charge on any atom is -0.351 e. The molecule has 0 aliphatic rings. The summed E-state index contributed by atoms with van der Waals surface area (Å²) in [5.41, 5.74) is 8.55. The van der Waals surface area contributed by atoms with Crippen molar-refractivity contribution in [2.45, 2.75) is 6.92 Å². The summed E-state index contributed by atoms with van der Waals surface area (Å²) < 4.78 is 0. The number of pyridine rings is 2. The van der Waals surface area contributed by atoms with Crippen molar-refractivity contribution in [1.82, 2.24) is 9.97 Å². The summed E-state index contributed by atoms with van der Waals surface area (Å²) in [5.74, 6) is 0. The molecule has 0 radical (unpaired) electrons. The average molecular weight is 278 g/mol. The maximum absolute atomic E-state index is 12.0. The van der Waals surface area contributed by atoms with E-state index in [1.165, 1.54) is 4.90 Å². The van der Waals surface area contributed by atoms with Gasteiger partial charge in [-0.15, -0.1) is 0 Å². The summed E-state index contributed by atoms with van der Waals surface area (Å²) in [6, 6.07) is 12.5. The third-order valence-corrected chi connectivity index (χ3v) is 3.19. The first-order valence-electron chi connectivity index (χ1n) is 6.53. The largest absolute Gasteiger partial charge is 0.351 e. The summed E-state index contributed by atoms with van der Waals surface area (Å²) in [6.45, 7) is 1.89. The molecule has 0 bridgehead atoms. The third-order valence-electron chi connectivity index (χ3n) is 3.19. The quantitative estimate of drug-likeness (QED) is 0.782. The van der Waals surface area contributed by atoms with Crippen LogP contribution in [-0.4, -0.2) is 16.0 Å². The number of carbonyl (C=O) groups is 1. The first-order valence-corrected chi connectivity index (χ1v) is 6.53. The number of amides is 2. The molecular weight excluding hydrogens is 264 g/mol. The Hall–Kier alpha value is -2.95. The number of fused-ring (bicyclic) bond motifs is 1. The number of nitrogens with zero attached hydrogens (tertiary/aromatic N) is 3. The van der Waals surface area contributed by atoms with E-state index in [0.29, 0.717) is 11.4 Å². The van der Waals surface area contributed by atoms with Crippen molar-refractivity contribution < 1.29 is 4.79 Å². The maximum atomic E-state index is 12.0. The van der Waals surface area contributed by atoms with Crippen LogP contribution in [0.3, 0.4) is 0 Å². The van der Waals surface area contributed by atoms with Crippen molar-refractivity contribution in [3.05, 3.63) is 60.6 Å². The van der Waals surface area contributed by atoms with Gasteiger partial charge in [-0.3, -0.25) is 14.9 Å². The highest BCUT2D eigenvalue weighted by Gasteiger charge is 2.18. The number of aromatic nitrogens is 2. The zero-order valence-electron chi connectivity index (χ0n) is 11.5. The van der Waals surface area contributed by atoms with Crippen LogP contribution in [0.5, 0.6) is 0 Å². The minimum absolute atomic E-state index is 0.557. The van der Waals surface area contributed by atoms with Gasteiger partial charge in [-0.1, -0.05) is 18.2 Å². The Kier molecular flexibility index (Phi) is 3.23. The van der Waals surface area contributed by atoms with Crippen LogP contribution in [0.2, 0.25) is 0 Å². The second kappa shape index (κ2) is 5.20. The number of hydrogen-bond donors (Lipinski definition) is 1. The molecule has 5 nitrogen and oxygen atoms in total. The van der Waals surface area contributed by atoms with Crippen LogP contribution in [0.4, 0.5) is 16.2 Å². The van der Waals surface area contributed by atoms with Crippen LogP contribution in [0.25, 0.3) is 10.9 Å². The molecule has 0 spiro atoms. The molecule has 5 heteroatoms. The molecule has 3 aromatic rings. The van der Waals surface area contributed by atoms with E-state index in [-0.39, 0.29) is 0 Å². The third kappa shape index (κ3) is 2.41. The number of aryl methyl sites for hydroxylation is 1. The van der Waals surface area contributed by atoms with Gasteiger partial charge in [-0.25, -0.2) is 4.79 Å². The molecule has 0 aliphatic carbocycles. The Labute approximate surface area is 122 Å². The molecule has 2 heterocycles. The number of para-hydroxylation sites is 1. The number of nitrogens with two attached hydrogens (primary N) is 1. The highest BCUT2D eigenvalue weighted by Crippen LogP contribution is 2.31. The van der Waals surface area contributed by atoms with E-state index < -0.39 is 6.03 Å². The molecule has 2 N–H and O–H groups in total. The maximum Gasteiger partial charge on any atom is 0.323 e. The van der Waals surface area contributed by atoms with Crippen molar-refractivity contribution in [1.29, 1.82) is 0 Å². The van der Waals surface area contributed by atoms with E-state index in [1.807, 2.05) is 37.3 Å². The van der Waals surface area contributed by atoms with Crippen molar-refractivity contribution in [2.75, 3.05) is 4.90 Å². The molecule has 1 aromatic carbocycles. The molecule has 0 aliphatic heterocycles. The van der Waals surface area contributed by atoms with Gasteiger partial charge in [0.05, 0.1) is 23.1 Å². The van der Waals surface area contributed by atoms with Gasteiger partial charge in [0.15, 0.2) is 0 Å². The van der Waals surface area contributed by atoms with Gasteiger partial charge in [0.2, 0.25) is 0 Å². The molecule has 21 heavy (non-hydrogen) atoms. The second-order valence-corrected chi connectivity index (χ2v) is 4.68. The Morgan fingerprint density at radius 3 is 2.71 bits per heavy atom. The number of anilines is 2. The molecule has 104 valence electrons. The SMILES string of the molecule is Cc1cc(N(C(N)=O)c2cccnc2)c2ccccc2n1. The normalized spacial score (nSPS) is 10.5. The predicted octanol–water partition coefficient (Wildman–Crippen LogP) is 3.16. The number of hydrogen-bond acceptors (Lipinski definition) is 3. The average Bonchev–Trinajstić information content (AvgIpc) is 2.48. The van der Waals surface area contributed by atoms with Crippen LogP contribution in [0, 0.1) is 6.92 Å². The molecule has 3 rings (SSSR count). The van der Waals surface area contributed by atoms with E-state index in [9.17, 15) is 4.79 Å². The van der Waals surface area contributed by atoms with E-state index in [1.54, 1.807) is 24.5 Å². The molecule has 0 unspecified atom stereocenters. The zero-order chi connectivity index (χ0) is 14.8. The van der Waals surface area contributed by atoms with Gasteiger partial charge in [0.1, 0.15) is 0 Å². The van der Waals surface area contributed by atoms with Gasteiger partial charge in [0.25, 0.3) is 0 Å². The monoisotopic (exact) mass is 278 g/mol. The lowest BCUT2D eigenvalue weighted by molar-refractivity contribution is 0.256. The summed E-state index contributed by atoms with van der Waals surface area (Å²) >= 11 is 0. The van der Waals surface area contributed by atoms with Crippen LogP contribution in [0.1, 0.15) is 5.69 Å². The van der Waals surface area contributed by atoms with Crippen molar-refractivity contribution >= 4 is 28.3 Å². The lowest BCUT2D eigenvalue weighted by Gasteiger charge is -2.22. The lowest BCUT2D eigenvalue weighted by atomic mass is 10.1. The summed E-state index contributed by atoms with van der Waals surface area (Å²) in [5, 5.41) is 0.866. The summed E-state index contributed by atoms with van der Waals surface area (Å²) in [7, 11) is 0. The number of primary amides is 1. The lowest BCUT2D eigenvalue weighted by Crippen LogP contribution is -2.31. The number of urea groups is 1. The molecule has 0 atom stereocenters. The number of carbonyl (C=O) groups excluding carboxylic acids is 1. The van der Waals surface area contributed by atoms with E-state index in [2.05, 4.69) is 9.97 Å². The van der Waals surface area contributed by atoms with Crippen molar-refractivity contribution in [2.24, 2.45) is 5.73 Å². The smallest absolute Gasteiger partial charge is 0.323 e. The highest BCUT2D eigenvalue weighted by atomic mass is 16.2. The highest BCUT2D eigenvalue weighted by molar-refractivity contribution is 6.06. The Morgan fingerprint density at radius 1 is 1.19 bits per heavy atom. The van der Waals surface area contributed by atoms with Gasteiger partial charge < -0.3 is 5.73 Å². The molecular formula is C16H14N4O. The molecule has 2 aromatic heterocycles. The fourth-order valence-corrected chi connectivity index (χ4v) is 2.34. The van der Waals surface area contributed by atoms with Gasteiger partial charge in [0, 0.05) is 17.3 Å². The number of benzene rings is 1. The van der Waals surface area contributed by atoms with Gasteiger partial charge >= 0.3 is 6.03 Å². The second-order valence-electron chi connectivity index (χ2n) is 4.68. The van der Waals surface area contributed by atoms with Crippen LogP contribution in [-0.2, 0) is 0 Å².